The van der Waals surface area contributed by atoms with Gasteiger partial charge in [0.05, 0.1) is 4.70 Å². The van der Waals surface area contributed by atoms with Gasteiger partial charge in [-0.25, -0.2) is 14.4 Å². The molecule has 2 heterocycles. The van der Waals surface area contributed by atoms with Gasteiger partial charge in [-0.05, 0) is 43.2 Å². The van der Waals surface area contributed by atoms with Gasteiger partial charge in [0, 0.05) is 18.8 Å². The third-order valence-corrected chi connectivity index (χ3v) is 4.89. The van der Waals surface area contributed by atoms with Gasteiger partial charge in [0.2, 0.25) is 0 Å². The molecule has 0 saturated heterocycles. The number of nitrogens with one attached hydrogen (secondary N) is 1. The number of fused-ring (bicyclic) bond motifs is 1. The predicted molar refractivity (Wildman–Crippen MR) is 101 cm³/mol. The monoisotopic (exact) mass is 372 g/mol. The molecule has 0 unspecified atom stereocenters. The number of rotatable bonds is 3. The van der Waals surface area contributed by atoms with Crippen molar-refractivity contribution in [3.05, 3.63) is 57.4 Å². The molecule has 2 amide bonds. The van der Waals surface area contributed by atoms with Gasteiger partial charge in [-0.1, -0.05) is 6.07 Å². The van der Waals surface area contributed by atoms with E-state index in [0.29, 0.717) is 15.4 Å². The van der Waals surface area contributed by atoms with Gasteiger partial charge in [0.1, 0.15) is 10.6 Å². The van der Waals surface area contributed by atoms with Crippen LogP contribution in [-0.2, 0) is 0 Å². The lowest BCUT2D eigenvalue weighted by Gasteiger charge is -2.16. The Morgan fingerprint density at radius 2 is 1.77 bits per heavy atom. The Hall–Kier alpha value is -3.13. The molecule has 0 aliphatic rings. The molecule has 0 aliphatic carbocycles. The first-order valence-electron chi connectivity index (χ1n) is 7.68. The molecule has 3 rings (SSSR count). The van der Waals surface area contributed by atoms with E-state index in [0.717, 1.165) is 22.5 Å². The summed E-state index contributed by atoms with van der Waals surface area (Å²) >= 11 is 1.16. The van der Waals surface area contributed by atoms with Crippen molar-refractivity contribution in [3.63, 3.8) is 0 Å². The molecular formula is C18H16N2O5S. The smallest absolute Gasteiger partial charge is 0.351 e. The maximum atomic E-state index is 12.5. The number of carbonyl (C=O) groups is 2. The number of anilines is 2. The van der Waals surface area contributed by atoms with Crippen LogP contribution in [0.3, 0.4) is 0 Å². The average Bonchev–Trinajstić information content (AvgIpc) is 2.94. The number of urea groups is 1. The van der Waals surface area contributed by atoms with E-state index in [1.807, 2.05) is 32.0 Å². The lowest BCUT2D eigenvalue weighted by molar-refractivity contribution is 0.0692. The molecule has 26 heavy (non-hydrogen) atoms. The summed E-state index contributed by atoms with van der Waals surface area (Å²) in [4.78, 5) is 36.6. The van der Waals surface area contributed by atoms with Crippen LogP contribution in [0.25, 0.3) is 10.3 Å². The van der Waals surface area contributed by atoms with E-state index in [-0.39, 0.29) is 11.6 Å². The van der Waals surface area contributed by atoms with Gasteiger partial charge in [0.25, 0.3) is 0 Å². The first kappa shape index (κ1) is 17.7. The van der Waals surface area contributed by atoms with E-state index in [4.69, 9.17) is 9.52 Å². The summed E-state index contributed by atoms with van der Waals surface area (Å²) in [7, 11) is 1.58. The average molecular weight is 372 g/mol. The molecule has 0 aliphatic heterocycles. The topological polar surface area (TPSA) is 99.9 Å². The third kappa shape index (κ3) is 3.45. The van der Waals surface area contributed by atoms with Gasteiger partial charge in [-0.2, -0.15) is 0 Å². The highest BCUT2D eigenvalue weighted by Crippen LogP contribution is 2.32. The molecule has 0 bridgehead atoms. The summed E-state index contributed by atoms with van der Waals surface area (Å²) in [5, 5.41) is 12.3. The first-order valence-corrected chi connectivity index (χ1v) is 8.50. The highest BCUT2D eigenvalue weighted by molar-refractivity contribution is 7.22. The zero-order valence-corrected chi connectivity index (χ0v) is 15.1. The molecule has 8 heteroatoms. The van der Waals surface area contributed by atoms with Crippen LogP contribution >= 0.6 is 11.3 Å². The SMILES string of the molecule is Cc1cc(C)cc(NC(=O)N(C)c2cc3oc(=O)c(C(=O)O)cc3s2)c1. The normalized spacial score (nSPS) is 10.7. The van der Waals surface area contributed by atoms with Crippen LogP contribution in [0.5, 0.6) is 0 Å². The number of amides is 2. The molecule has 0 saturated carbocycles. The van der Waals surface area contributed by atoms with Gasteiger partial charge in [-0.3, -0.25) is 4.90 Å². The van der Waals surface area contributed by atoms with Crippen molar-refractivity contribution in [1.82, 2.24) is 0 Å². The number of nitrogens with zero attached hydrogens (tertiary/aromatic N) is 1. The zero-order valence-electron chi connectivity index (χ0n) is 14.3. The summed E-state index contributed by atoms with van der Waals surface area (Å²) in [5.41, 5.74) is 1.64. The Labute approximate surface area is 152 Å². The van der Waals surface area contributed by atoms with Gasteiger partial charge in [0.15, 0.2) is 5.58 Å². The van der Waals surface area contributed by atoms with Crippen LogP contribution in [0.1, 0.15) is 21.5 Å². The van der Waals surface area contributed by atoms with Crippen molar-refractivity contribution in [2.45, 2.75) is 13.8 Å². The highest BCUT2D eigenvalue weighted by Gasteiger charge is 2.18. The zero-order chi connectivity index (χ0) is 19.0. The number of aromatic carboxylic acids is 1. The maximum absolute atomic E-state index is 12.5. The fourth-order valence-electron chi connectivity index (χ4n) is 2.57. The molecule has 0 fully saturated rings. The Morgan fingerprint density at radius 1 is 1.12 bits per heavy atom. The van der Waals surface area contributed by atoms with E-state index < -0.39 is 17.2 Å². The van der Waals surface area contributed by atoms with Crippen molar-refractivity contribution in [2.75, 3.05) is 17.3 Å². The molecule has 0 radical (unpaired) electrons. The number of hydrogen-bond acceptors (Lipinski definition) is 5. The molecule has 1 aromatic carbocycles. The van der Waals surface area contributed by atoms with Crippen LogP contribution in [0.2, 0.25) is 0 Å². The summed E-state index contributed by atoms with van der Waals surface area (Å²) in [6.45, 7) is 3.89. The maximum Gasteiger partial charge on any atom is 0.351 e. The Balaban J connectivity index is 1.89. The van der Waals surface area contributed by atoms with Gasteiger partial charge >= 0.3 is 17.6 Å². The first-order chi connectivity index (χ1) is 12.2. The van der Waals surface area contributed by atoms with Crippen molar-refractivity contribution < 1.29 is 19.1 Å². The van der Waals surface area contributed by atoms with Crippen LogP contribution in [0.15, 0.2) is 39.5 Å². The summed E-state index contributed by atoms with van der Waals surface area (Å²) in [5.74, 6) is -1.35. The molecule has 2 aromatic heterocycles. The fraction of sp³-hybridized carbons (Fsp3) is 0.167. The summed E-state index contributed by atoms with van der Waals surface area (Å²) < 4.78 is 5.51. The van der Waals surface area contributed by atoms with Gasteiger partial charge < -0.3 is 14.8 Å². The second-order valence-corrected chi connectivity index (χ2v) is 6.99. The van der Waals surface area contributed by atoms with Crippen LogP contribution in [0.4, 0.5) is 15.5 Å². The number of hydrogen-bond donors (Lipinski definition) is 2. The summed E-state index contributed by atoms with van der Waals surface area (Å²) in [6.07, 6.45) is 0. The highest BCUT2D eigenvalue weighted by atomic mass is 32.1. The van der Waals surface area contributed by atoms with Crippen molar-refractivity contribution in [3.8, 4) is 0 Å². The standard InChI is InChI=1S/C18H16N2O5S/c1-9-4-10(2)6-11(5-9)19-18(24)20(3)15-8-13-14(26-15)7-12(16(21)22)17(23)25-13/h4-8H,1-3H3,(H,19,24)(H,21,22). The van der Waals surface area contributed by atoms with E-state index in [1.54, 1.807) is 7.05 Å². The van der Waals surface area contributed by atoms with E-state index in [1.165, 1.54) is 17.0 Å². The van der Waals surface area contributed by atoms with Crippen LogP contribution in [-0.4, -0.2) is 24.2 Å². The molecule has 2 N–H and O–H groups in total. The molecule has 3 aromatic rings. The minimum absolute atomic E-state index is 0.242. The van der Waals surface area contributed by atoms with Crippen LogP contribution < -0.4 is 15.8 Å². The lowest BCUT2D eigenvalue weighted by Crippen LogP contribution is -2.30. The predicted octanol–water partition coefficient (Wildman–Crippen LogP) is 3.84. The molecule has 134 valence electrons. The Bertz CT molecular complexity index is 1060. The Kier molecular flexibility index (Phi) is 4.52. The minimum Gasteiger partial charge on any atom is -0.477 e. The number of carboxylic acid groups (broad SMARTS) is 1. The molecule has 7 nitrogen and oxygen atoms in total. The molecular weight excluding hydrogens is 356 g/mol. The Morgan fingerprint density at radius 3 is 2.38 bits per heavy atom. The molecule has 0 atom stereocenters. The lowest BCUT2D eigenvalue weighted by atomic mass is 10.1. The number of aryl methyl sites for hydroxylation is 2. The van der Waals surface area contributed by atoms with Crippen LogP contribution in [0, 0.1) is 13.8 Å². The summed E-state index contributed by atoms with van der Waals surface area (Å²) in [6, 6.07) is 8.17. The number of carboxylic acids is 1. The largest absolute Gasteiger partial charge is 0.477 e. The second kappa shape index (κ2) is 6.64. The van der Waals surface area contributed by atoms with Crippen molar-refractivity contribution >= 4 is 44.3 Å². The van der Waals surface area contributed by atoms with E-state index in [2.05, 4.69) is 5.32 Å². The van der Waals surface area contributed by atoms with Crippen molar-refractivity contribution in [2.24, 2.45) is 0 Å². The van der Waals surface area contributed by atoms with E-state index in [9.17, 15) is 14.4 Å². The number of benzene rings is 1. The van der Waals surface area contributed by atoms with E-state index >= 15 is 0 Å². The number of carbonyl (C=O) groups excluding carboxylic acids is 1. The minimum atomic E-state index is -1.35. The number of thiophene rings is 1. The quantitative estimate of drug-likeness (QED) is 0.728. The third-order valence-electron chi connectivity index (χ3n) is 3.75. The second-order valence-electron chi connectivity index (χ2n) is 5.93. The van der Waals surface area contributed by atoms with Gasteiger partial charge in [-0.15, -0.1) is 11.3 Å². The molecule has 0 spiro atoms. The van der Waals surface area contributed by atoms with Crippen molar-refractivity contribution in [1.29, 1.82) is 0 Å². The fourth-order valence-corrected chi connectivity index (χ4v) is 3.56.